The third-order valence-electron chi connectivity index (χ3n) is 14.7. The summed E-state index contributed by atoms with van der Waals surface area (Å²) in [6, 6.07) is 31.4. The molecule has 1 aliphatic carbocycles. The van der Waals surface area contributed by atoms with E-state index in [1.54, 1.807) is 48.5 Å². The van der Waals surface area contributed by atoms with Crippen LogP contribution in [0.4, 0.5) is 10.5 Å². The summed E-state index contributed by atoms with van der Waals surface area (Å²) in [5, 5.41) is 14.2. The molecule has 5 aromatic rings. The van der Waals surface area contributed by atoms with Gasteiger partial charge in [0.15, 0.2) is 5.96 Å². The molecule has 1 unspecified atom stereocenters. The minimum atomic E-state index is -1.04. The Morgan fingerprint density at radius 1 is 0.697 bits per heavy atom. The normalized spacial score (nSPS) is 16.6. The van der Waals surface area contributed by atoms with Crippen molar-refractivity contribution in [2.75, 3.05) is 57.7 Å². The molecule has 3 aliphatic rings. The molecule has 6 amide bonds. The Morgan fingerprint density at radius 2 is 1.32 bits per heavy atom. The van der Waals surface area contributed by atoms with Crippen LogP contribution in [0, 0.1) is 5.41 Å². The average Bonchev–Trinajstić information content (AvgIpc) is 3.99. The first-order valence-corrected chi connectivity index (χ1v) is 26.6. The fourth-order valence-electron chi connectivity index (χ4n) is 10.8. The lowest BCUT2D eigenvalue weighted by Gasteiger charge is -2.41. The number of hydrogen-bond donors (Lipinski definition) is 7. The fraction of sp³-hybridized carbons (Fsp3) is 0.429. The molecule has 8 rings (SSSR count). The van der Waals surface area contributed by atoms with E-state index in [9.17, 15) is 33.6 Å². The first kappa shape index (κ1) is 54.4. The van der Waals surface area contributed by atoms with Crippen LogP contribution in [0.15, 0.2) is 124 Å². The highest BCUT2D eigenvalue weighted by molar-refractivity contribution is 6.07. The van der Waals surface area contributed by atoms with Gasteiger partial charge in [0.25, 0.3) is 5.91 Å². The summed E-state index contributed by atoms with van der Waals surface area (Å²) in [5.41, 5.74) is 14.1. The van der Waals surface area contributed by atoms with E-state index in [0.717, 1.165) is 59.9 Å². The Bertz CT molecular complexity index is 2890. The molecule has 1 saturated heterocycles. The number of unbranched alkanes of at least 4 members (excludes halogenated alkanes) is 3. The van der Waals surface area contributed by atoms with E-state index in [-0.39, 0.29) is 68.6 Å². The number of carbonyl (C=O) groups is 5. The zero-order chi connectivity index (χ0) is 53.4. The van der Waals surface area contributed by atoms with Crippen LogP contribution >= 0.6 is 0 Å². The Labute approximate surface area is 442 Å². The highest BCUT2D eigenvalue weighted by Gasteiger charge is 2.41. The minimum absolute atomic E-state index is 0.0231. The molecule has 1 saturated carbocycles. The summed E-state index contributed by atoms with van der Waals surface area (Å²) in [5.74, 6) is -1.17. The van der Waals surface area contributed by atoms with Crippen molar-refractivity contribution in [1.82, 2.24) is 45.0 Å². The van der Waals surface area contributed by atoms with Gasteiger partial charge >= 0.3 is 17.4 Å². The van der Waals surface area contributed by atoms with E-state index in [1.165, 1.54) is 9.36 Å². The standard InChI is InChI=1S/C56H71N13O7/c57-29-15-1-2-16-30-61-53(74)64-52(58)60-31-17-26-46(51(73)59-32-33-67-54(75)68(40-18-5-3-6-19-40)69(55(67)76)41-20-7-4-8-21-41)62-47(70)38-56(27-13-14-28-56)39-48(71)65-34-36-66(37-35-65)49-42-22-9-10-23-43(42)50(72)63-45-25-12-11-24-44(45)49/h3-12,18-25,46,49H,1-2,13-17,26-39,57H2,(H,59,73)(H,62,70)(H,63,72)(H4,58,60,61,64,74)/t46-,49?/m0/s1. The summed E-state index contributed by atoms with van der Waals surface area (Å²) in [7, 11) is 0. The Kier molecular flexibility index (Phi) is 18.7. The molecule has 0 radical (unpaired) electrons. The topological polar surface area (TPSA) is 265 Å². The molecule has 20 heteroatoms. The van der Waals surface area contributed by atoms with Crippen molar-refractivity contribution in [3.05, 3.63) is 147 Å². The third-order valence-corrected chi connectivity index (χ3v) is 14.7. The van der Waals surface area contributed by atoms with Gasteiger partial charge in [0.1, 0.15) is 6.04 Å². The molecule has 4 aromatic carbocycles. The van der Waals surface area contributed by atoms with Gasteiger partial charge in [-0.2, -0.15) is 9.36 Å². The Hall–Kier alpha value is -7.84. The lowest BCUT2D eigenvalue weighted by Crippen LogP contribution is -2.51. The van der Waals surface area contributed by atoms with E-state index in [1.807, 2.05) is 65.6 Å². The minimum Gasteiger partial charge on any atom is -0.370 e. The fourth-order valence-corrected chi connectivity index (χ4v) is 10.8. The second-order valence-corrected chi connectivity index (χ2v) is 19.9. The number of guanidine groups is 1. The van der Waals surface area contributed by atoms with Crippen molar-refractivity contribution in [3.63, 3.8) is 0 Å². The third kappa shape index (κ3) is 13.5. The van der Waals surface area contributed by atoms with Gasteiger partial charge in [0.2, 0.25) is 17.7 Å². The maximum Gasteiger partial charge on any atom is 0.352 e. The molecule has 0 spiro atoms. The van der Waals surface area contributed by atoms with Gasteiger partial charge in [-0.3, -0.25) is 34.4 Å². The average molecular weight is 1040 g/mol. The van der Waals surface area contributed by atoms with E-state index in [4.69, 9.17) is 11.5 Å². The molecule has 0 bridgehead atoms. The molecule has 3 heterocycles. The predicted molar refractivity (Wildman–Crippen MR) is 291 cm³/mol. The van der Waals surface area contributed by atoms with Crippen LogP contribution in [0.3, 0.4) is 0 Å². The monoisotopic (exact) mass is 1040 g/mol. The smallest absolute Gasteiger partial charge is 0.352 e. The van der Waals surface area contributed by atoms with Crippen LogP contribution in [0.25, 0.3) is 11.4 Å². The number of para-hydroxylation sites is 3. The van der Waals surface area contributed by atoms with Crippen molar-refractivity contribution in [3.8, 4) is 11.4 Å². The van der Waals surface area contributed by atoms with Crippen LogP contribution < -0.4 is 49.4 Å². The summed E-state index contributed by atoms with van der Waals surface area (Å²) in [6.45, 7) is 3.11. The lowest BCUT2D eigenvalue weighted by molar-refractivity contribution is -0.137. The van der Waals surface area contributed by atoms with Crippen molar-refractivity contribution in [1.29, 1.82) is 0 Å². The van der Waals surface area contributed by atoms with Crippen molar-refractivity contribution in [2.24, 2.45) is 21.9 Å². The van der Waals surface area contributed by atoms with Gasteiger partial charge in [-0.05, 0) is 98.0 Å². The zero-order valence-corrected chi connectivity index (χ0v) is 43.1. The molecule has 9 N–H and O–H groups in total. The van der Waals surface area contributed by atoms with Gasteiger partial charge < -0.3 is 37.6 Å². The largest absolute Gasteiger partial charge is 0.370 e. The number of anilines is 1. The zero-order valence-electron chi connectivity index (χ0n) is 43.1. The van der Waals surface area contributed by atoms with Crippen LogP contribution in [0.2, 0.25) is 0 Å². The SMILES string of the molecule is NCCCCCCNC(=O)NC(N)=NCCC[C@H](NC(=O)CC1(CC(=O)N2CCN(C3c4ccccc4NC(=O)c4ccccc43)CC2)CCCC1)C(=O)NCCn1c(=O)n(-c2ccccc2)n(-c2ccccc2)c1=O. The van der Waals surface area contributed by atoms with E-state index in [0.29, 0.717) is 75.5 Å². The lowest BCUT2D eigenvalue weighted by atomic mass is 9.78. The summed E-state index contributed by atoms with van der Waals surface area (Å²) in [4.78, 5) is 105. The number of aromatic nitrogens is 3. The molecule has 76 heavy (non-hydrogen) atoms. The molecule has 20 nitrogen and oxygen atoms in total. The predicted octanol–water partition coefficient (Wildman–Crippen LogP) is 4.14. The molecule has 2 fully saturated rings. The number of carbonyl (C=O) groups excluding carboxylic acids is 5. The Balaban J connectivity index is 0.915. The number of nitrogens with one attached hydrogen (secondary N) is 5. The number of piperazine rings is 1. The van der Waals surface area contributed by atoms with Crippen molar-refractivity contribution >= 4 is 41.3 Å². The second-order valence-electron chi connectivity index (χ2n) is 19.9. The number of urea groups is 1. The summed E-state index contributed by atoms with van der Waals surface area (Å²) < 4.78 is 3.65. The summed E-state index contributed by atoms with van der Waals surface area (Å²) in [6.07, 6.45) is 7.41. The van der Waals surface area contributed by atoms with Crippen molar-refractivity contribution in [2.45, 2.75) is 95.7 Å². The number of rotatable bonds is 22. The van der Waals surface area contributed by atoms with Gasteiger partial charge in [0, 0.05) is 76.5 Å². The van der Waals surface area contributed by atoms with E-state index >= 15 is 0 Å². The van der Waals surface area contributed by atoms with E-state index < -0.39 is 34.8 Å². The maximum absolute atomic E-state index is 14.3. The maximum atomic E-state index is 14.3. The second kappa shape index (κ2) is 26.1. The van der Waals surface area contributed by atoms with Crippen LogP contribution in [-0.4, -0.2) is 118 Å². The van der Waals surface area contributed by atoms with Crippen LogP contribution in [0.5, 0.6) is 0 Å². The van der Waals surface area contributed by atoms with Crippen molar-refractivity contribution < 1.29 is 24.0 Å². The summed E-state index contributed by atoms with van der Waals surface area (Å²) >= 11 is 0. The number of nitrogens with two attached hydrogens (primary N) is 2. The molecule has 1 aromatic heterocycles. The van der Waals surface area contributed by atoms with Crippen LogP contribution in [-0.2, 0) is 20.9 Å². The van der Waals surface area contributed by atoms with Gasteiger partial charge in [0.05, 0.1) is 17.4 Å². The highest BCUT2D eigenvalue weighted by Crippen LogP contribution is 2.45. The number of nitrogens with zero attached hydrogens (tertiary/aromatic N) is 6. The Morgan fingerprint density at radius 3 is 1.99 bits per heavy atom. The number of aliphatic imine (C=N–C) groups is 1. The number of benzene rings is 4. The number of amides is 6. The van der Waals surface area contributed by atoms with Gasteiger partial charge in [-0.15, -0.1) is 0 Å². The molecule has 402 valence electrons. The first-order chi connectivity index (χ1) is 36.9. The molecule has 2 aliphatic heterocycles. The first-order valence-electron chi connectivity index (χ1n) is 26.6. The number of hydrogen-bond acceptors (Lipinski definition) is 10. The van der Waals surface area contributed by atoms with Gasteiger partial charge in [-0.25, -0.2) is 19.0 Å². The highest BCUT2D eigenvalue weighted by atomic mass is 16.2. The molecular formula is C56H71N13O7. The number of fused-ring (bicyclic) bond motifs is 2. The van der Waals surface area contributed by atoms with E-state index in [2.05, 4.69) is 36.5 Å². The van der Waals surface area contributed by atoms with Gasteiger partial charge in [-0.1, -0.05) is 98.5 Å². The molecule has 2 atom stereocenters. The van der Waals surface area contributed by atoms with Crippen LogP contribution in [0.1, 0.15) is 105 Å². The quantitative estimate of drug-likeness (QED) is 0.0296. The molecular weight excluding hydrogens is 967 g/mol.